The number of aliphatic hydroxyl groups excluding tert-OH is 1. The fourth-order valence-electron chi connectivity index (χ4n) is 2.80. The van der Waals surface area contributed by atoms with Crippen LogP contribution in [0.5, 0.6) is 0 Å². The highest BCUT2D eigenvalue weighted by atomic mass is 16.3. The average Bonchev–Trinajstić information content (AvgIpc) is 2.63. The molecule has 2 rings (SSSR count). The van der Waals surface area contributed by atoms with Crippen molar-refractivity contribution in [2.45, 2.75) is 45.2 Å². The summed E-state index contributed by atoms with van der Waals surface area (Å²) in [6.45, 7) is 3.93. The topological polar surface area (TPSA) is 49.5 Å². The molecular weight excluding hydrogens is 224 g/mol. The number of hydrogen-bond donors (Lipinski definition) is 2. The molecular formula is C15H24N2O. The van der Waals surface area contributed by atoms with Gasteiger partial charge in [-0.05, 0) is 37.0 Å². The molecule has 3 nitrogen and oxygen atoms in total. The molecule has 0 aromatic heterocycles. The molecule has 0 radical (unpaired) electrons. The first-order chi connectivity index (χ1) is 8.76. The first-order valence-corrected chi connectivity index (χ1v) is 6.93. The standard InChI is InChI=1S/C15H24N2O/c1-12-6-7-13(10-16)15(9-12)17-8-4-2-3-5-14(17)11-18/h6-7,9,14,18H,2-5,8,10-11,16H2,1H3. The Morgan fingerprint density at radius 3 is 2.89 bits per heavy atom. The van der Waals surface area contributed by atoms with E-state index < -0.39 is 0 Å². The summed E-state index contributed by atoms with van der Waals surface area (Å²) in [5.41, 5.74) is 9.50. The van der Waals surface area contributed by atoms with E-state index in [4.69, 9.17) is 5.73 Å². The summed E-state index contributed by atoms with van der Waals surface area (Å²) in [5.74, 6) is 0. The minimum absolute atomic E-state index is 0.234. The monoisotopic (exact) mass is 248 g/mol. The summed E-state index contributed by atoms with van der Waals surface area (Å²) in [6, 6.07) is 6.68. The lowest BCUT2D eigenvalue weighted by Gasteiger charge is -2.32. The van der Waals surface area contributed by atoms with Crippen LogP contribution in [0.4, 0.5) is 5.69 Å². The van der Waals surface area contributed by atoms with E-state index in [2.05, 4.69) is 30.0 Å². The predicted octanol–water partition coefficient (Wildman–Crippen LogP) is 2.20. The van der Waals surface area contributed by atoms with Crippen molar-refractivity contribution in [3.8, 4) is 0 Å². The Kier molecular flexibility index (Phi) is 4.61. The highest BCUT2D eigenvalue weighted by Gasteiger charge is 2.22. The molecule has 100 valence electrons. The lowest BCUT2D eigenvalue weighted by atomic mass is 10.1. The maximum Gasteiger partial charge on any atom is 0.0635 e. The van der Waals surface area contributed by atoms with E-state index in [1.54, 1.807) is 0 Å². The van der Waals surface area contributed by atoms with Gasteiger partial charge in [-0.3, -0.25) is 0 Å². The minimum atomic E-state index is 0.234. The third-order valence-electron chi connectivity index (χ3n) is 3.86. The summed E-state index contributed by atoms with van der Waals surface area (Å²) in [7, 11) is 0. The average molecular weight is 248 g/mol. The Morgan fingerprint density at radius 2 is 2.17 bits per heavy atom. The van der Waals surface area contributed by atoms with Gasteiger partial charge in [-0.1, -0.05) is 25.0 Å². The van der Waals surface area contributed by atoms with Crippen LogP contribution in [0.25, 0.3) is 0 Å². The van der Waals surface area contributed by atoms with Crippen molar-refractivity contribution in [2.24, 2.45) is 5.73 Å². The van der Waals surface area contributed by atoms with Gasteiger partial charge in [0.1, 0.15) is 0 Å². The lowest BCUT2D eigenvalue weighted by Crippen LogP contribution is -2.38. The molecule has 0 bridgehead atoms. The van der Waals surface area contributed by atoms with Gasteiger partial charge < -0.3 is 15.7 Å². The molecule has 3 N–H and O–H groups in total. The van der Waals surface area contributed by atoms with Gasteiger partial charge in [0, 0.05) is 18.8 Å². The number of aliphatic hydroxyl groups is 1. The maximum atomic E-state index is 9.61. The van der Waals surface area contributed by atoms with Crippen molar-refractivity contribution in [3.63, 3.8) is 0 Å². The zero-order valence-corrected chi connectivity index (χ0v) is 11.2. The normalized spacial score (nSPS) is 20.8. The number of hydrogen-bond acceptors (Lipinski definition) is 3. The minimum Gasteiger partial charge on any atom is -0.394 e. The quantitative estimate of drug-likeness (QED) is 0.862. The van der Waals surface area contributed by atoms with Gasteiger partial charge in [-0.25, -0.2) is 0 Å². The summed E-state index contributed by atoms with van der Waals surface area (Å²) >= 11 is 0. The summed E-state index contributed by atoms with van der Waals surface area (Å²) in [6.07, 6.45) is 4.76. The first-order valence-electron chi connectivity index (χ1n) is 6.93. The molecule has 0 aliphatic carbocycles. The third-order valence-corrected chi connectivity index (χ3v) is 3.86. The number of nitrogens with two attached hydrogens (primary N) is 1. The van der Waals surface area contributed by atoms with E-state index in [9.17, 15) is 5.11 Å². The van der Waals surface area contributed by atoms with E-state index in [-0.39, 0.29) is 12.6 Å². The van der Waals surface area contributed by atoms with Crippen molar-refractivity contribution in [2.75, 3.05) is 18.1 Å². The molecule has 0 amide bonds. The van der Waals surface area contributed by atoms with Crippen molar-refractivity contribution in [3.05, 3.63) is 29.3 Å². The molecule has 0 saturated carbocycles. The highest BCUT2D eigenvalue weighted by molar-refractivity contribution is 5.56. The van der Waals surface area contributed by atoms with Crippen LogP contribution in [0.1, 0.15) is 36.8 Å². The van der Waals surface area contributed by atoms with Crippen LogP contribution < -0.4 is 10.6 Å². The summed E-state index contributed by atoms with van der Waals surface area (Å²) in [4.78, 5) is 2.36. The number of anilines is 1. The first kappa shape index (κ1) is 13.4. The molecule has 1 unspecified atom stereocenters. The van der Waals surface area contributed by atoms with Crippen molar-refractivity contribution >= 4 is 5.69 Å². The Hall–Kier alpha value is -1.06. The van der Waals surface area contributed by atoms with Crippen LogP contribution in [0.2, 0.25) is 0 Å². The number of aryl methyl sites for hydroxylation is 1. The lowest BCUT2D eigenvalue weighted by molar-refractivity contribution is 0.255. The second kappa shape index (κ2) is 6.21. The number of benzene rings is 1. The third kappa shape index (κ3) is 2.85. The van der Waals surface area contributed by atoms with Crippen molar-refractivity contribution in [1.82, 2.24) is 0 Å². The van der Waals surface area contributed by atoms with E-state index in [0.29, 0.717) is 6.54 Å². The molecule has 1 aliphatic rings. The molecule has 1 fully saturated rings. The Balaban J connectivity index is 2.34. The van der Waals surface area contributed by atoms with E-state index >= 15 is 0 Å². The van der Waals surface area contributed by atoms with E-state index in [1.165, 1.54) is 36.1 Å². The number of rotatable bonds is 3. The molecule has 1 aromatic carbocycles. The predicted molar refractivity (Wildman–Crippen MR) is 75.8 cm³/mol. The molecule has 18 heavy (non-hydrogen) atoms. The van der Waals surface area contributed by atoms with Gasteiger partial charge in [-0.2, -0.15) is 0 Å². The second-order valence-electron chi connectivity index (χ2n) is 5.22. The summed E-state index contributed by atoms with van der Waals surface area (Å²) < 4.78 is 0. The molecule has 1 atom stereocenters. The molecule has 1 saturated heterocycles. The van der Waals surface area contributed by atoms with E-state index in [1.807, 2.05) is 0 Å². The van der Waals surface area contributed by atoms with Crippen LogP contribution in [-0.4, -0.2) is 24.3 Å². The Labute approximate surface area is 110 Å². The zero-order chi connectivity index (χ0) is 13.0. The van der Waals surface area contributed by atoms with E-state index in [0.717, 1.165) is 13.0 Å². The van der Waals surface area contributed by atoms with Gasteiger partial charge in [-0.15, -0.1) is 0 Å². The Bertz CT molecular complexity index is 392. The van der Waals surface area contributed by atoms with Crippen LogP contribution in [0.3, 0.4) is 0 Å². The van der Waals surface area contributed by atoms with Gasteiger partial charge in [0.2, 0.25) is 0 Å². The van der Waals surface area contributed by atoms with Crippen LogP contribution in [0.15, 0.2) is 18.2 Å². The Morgan fingerprint density at radius 1 is 1.33 bits per heavy atom. The fourth-order valence-corrected chi connectivity index (χ4v) is 2.80. The fraction of sp³-hybridized carbons (Fsp3) is 0.600. The highest BCUT2D eigenvalue weighted by Crippen LogP contribution is 2.28. The van der Waals surface area contributed by atoms with Crippen LogP contribution in [0, 0.1) is 6.92 Å². The molecule has 0 spiro atoms. The SMILES string of the molecule is Cc1ccc(CN)c(N2CCCCCC2CO)c1. The largest absolute Gasteiger partial charge is 0.394 e. The smallest absolute Gasteiger partial charge is 0.0635 e. The van der Waals surface area contributed by atoms with Crippen molar-refractivity contribution in [1.29, 1.82) is 0 Å². The second-order valence-corrected chi connectivity index (χ2v) is 5.22. The molecule has 1 heterocycles. The zero-order valence-electron chi connectivity index (χ0n) is 11.2. The van der Waals surface area contributed by atoms with Gasteiger partial charge in [0.15, 0.2) is 0 Å². The molecule has 1 aromatic rings. The van der Waals surface area contributed by atoms with Gasteiger partial charge >= 0.3 is 0 Å². The van der Waals surface area contributed by atoms with Gasteiger partial charge in [0.05, 0.1) is 12.6 Å². The summed E-state index contributed by atoms with van der Waals surface area (Å²) in [5, 5.41) is 9.61. The van der Waals surface area contributed by atoms with Gasteiger partial charge in [0.25, 0.3) is 0 Å². The van der Waals surface area contributed by atoms with Crippen LogP contribution in [-0.2, 0) is 6.54 Å². The maximum absolute atomic E-state index is 9.61. The number of nitrogens with zero attached hydrogens (tertiary/aromatic N) is 1. The van der Waals surface area contributed by atoms with Crippen LogP contribution >= 0.6 is 0 Å². The van der Waals surface area contributed by atoms with Crippen molar-refractivity contribution < 1.29 is 5.11 Å². The molecule has 3 heteroatoms. The molecule has 1 aliphatic heterocycles.